The second kappa shape index (κ2) is 8.90. The minimum Gasteiger partial charge on any atom is -0.455 e. The van der Waals surface area contributed by atoms with Crippen molar-refractivity contribution in [3.63, 3.8) is 0 Å². The first kappa shape index (κ1) is 21.2. The molecular weight excluding hydrogens is 384 g/mol. The van der Waals surface area contributed by atoms with Crippen LogP contribution in [0.4, 0.5) is 11.4 Å². The van der Waals surface area contributed by atoms with E-state index in [1.54, 1.807) is 29.2 Å². The molecule has 2 amide bonds. The van der Waals surface area contributed by atoms with Gasteiger partial charge >= 0.3 is 5.97 Å². The molecule has 1 saturated heterocycles. The predicted octanol–water partition coefficient (Wildman–Crippen LogP) is 3.04. The zero-order chi connectivity index (χ0) is 21.8. The number of benzene rings is 2. The Labute approximate surface area is 175 Å². The molecule has 0 unspecified atom stereocenters. The summed E-state index contributed by atoms with van der Waals surface area (Å²) in [6, 6.07) is 12.1. The topological polar surface area (TPSA) is 92.8 Å². The van der Waals surface area contributed by atoms with Crippen molar-refractivity contribution in [3.8, 4) is 0 Å². The maximum absolute atomic E-state index is 12.4. The zero-order valence-corrected chi connectivity index (χ0v) is 17.2. The number of ether oxygens (including phenoxy) is 1. The van der Waals surface area contributed by atoms with Crippen LogP contribution in [0.1, 0.15) is 34.8 Å². The van der Waals surface area contributed by atoms with Crippen molar-refractivity contribution >= 4 is 34.9 Å². The summed E-state index contributed by atoms with van der Waals surface area (Å²) in [7, 11) is 0. The van der Waals surface area contributed by atoms with Crippen LogP contribution in [0.2, 0.25) is 0 Å². The third-order valence-corrected chi connectivity index (χ3v) is 5.18. The second-order valence-corrected chi connectivity index (χ2v) is 7.46. The van der Waals surface area contributed by atoms with E-state index in [9.17, 15) is 19.2 Å². The summed E-state index contributed by atoms with van der Waals surface area (Å²) >= 11 is 0. The summed E-state index contributed by atoms with van der Waals surface area (Å²) in [5.74, 6) is -1.88. The van der Waals surface area contributed by atoms with Crippen molar-refractivity contribution in [2.75, 3.05) is 23.4 Å². The predicted molar refractivity (Wildman–Crippen MR) is 112 cm³/mol. The van der Waals surface area contributed by atoms with Crippen molar-refractivity contribution in [3.05, 3.63) is 59.2 Å². The maximum Gasteiger partial charge on any atom is 0.311 e. The van der Waals surface area contributed by atoms with E-state index < -0.39 is 24.4 Å². The van der Waals surface area contributed by atoms with Crippen LogP contribution < -0.4 is 10.2 Å². The highest BCUT2D eigenvalue weighted by atomic mass is 16.5. The van der Waals surface area contributed by atoms with Gasteiger partial charge < -0.3 is 15.0 Å². The average Bonchev–Trinajstić information content (AvgIpc) is 3.10. The number of hydrogen-bond acceptors (Lipinski definition) is 5. The normalized spacial score (nSPS) is 15.8. The van der Waals surface area contributed by atoms with Crippen LogP contribution in [0.5, 0.6) is 0 Å². The van der Waals surface area contributed by atoms with Crippen molar-refractivity contribution in [2.24, 2.45) is 5.92 Å². The molecule has 1 atom stereocenters. The van der Waals surface area contributed by atoms with E-state index in [-0.39, 0.29) is 24.7 Å². The van der Waals surface area contributed by atoms with Crippen molar-refractivity contribution < 1.29 is 23.9 Å². The molecule has 3 rings (SSSR count). The second-order valence-electron chi connectivity index (χ2n) is 7.46. The fourth-order valence-electron chi connectivity index (χ4n) is 3.25. The summed E-state index contributed by atoms with van der Waals surface area (Å²) in [6.45, 7) is 5.21. The molecule has 0 saturated carbocycles. The fraction of sp³-hybridized carbons (Fsp3) is 0.304. The number of aryl methyl sites for hydroxylation is 2. The first-order valence-electron chi connectivity index (χ1n) is 9.69. The lowest BCUT2D eigenvalue weighted by atomic mass is 10.1. The van der Waals surface area contributed by atoms with Gasteiger partial charge in [0, 0.05) is 29.9 Å². The molecule has 1 aliphatic rings. The molecule has 1 aliphatic heterocycles. The van der Waals surface area contributed by atoms with Crippen molar-refractivity contribution in [2.45, 2.75) is 27.2 Å². The van der Waals surface area contributed by atoms with Crippen molar-refractivity contribution in [1.82, 2.24) is 0 Å². The van der Waals surface area contributed by atoms with E-state index >= 15 is 0 Å². The summed E-state index contributed by atoms with van der Waals surface area (Å²) in [5.41, 5.74) is 3.99. The molecule has 2 aromatic carbocycles. The quantitative estimate of drug-likeness (QED) is 0.586. The Morgan fingerprint density at radius 1 is 1.07 bits per heavy atom. The van der Waals surface area contributed by atoms with E-state index in [0.29, 0.717) is 11.3 Å². The molecule has 1 heterocycles. The number of anilines is 2. The lowest BCUT2D eigenvalue weighted by Crippen LogP contribution is -2.28. The summed E-state index contributed by atoms with van der Waals surface area (Å²) in [6.07, 6.45) is 0.0554. The van der Waals surface area contributed by atoms with Crippen LogP contribution in [0.3, 0.4) is 0 Å². The Bertz CT molecular complexity index is 997. The molecule has 0 aromatic heterocycles. The summed E-state index contributed by atoms with van der Waals surface area (Å²) in [4.78, 5) is 49.6. The number of nitrogens with zero attached hydrogens (tertiary/aromatic N) is 1. The standard InChI is InChI=1S/C23H24N2O5/c1-14-4-9-20(10-15(14)2)25-12-18(11-22(25)28)23(29)30-13-21(27)24-19-7-5-17(6-8-19)16(3)26/h4-10,18H,11-13H2,1-3H3,(H,24,27)/t18-/m1/s1. The first-order chi connectivity index (χ1) is 14.2. The smallest absolute Gasteiger partial charge is 0.311 e. The Kier molecular flexibility index (Phi) is 6.30. The van der Waals surface area contributed by atoms with Gasteiger partial charge in [-0.1, -0.05) is 6.07 Å². The summed E-state index contributed by atoms with van der Waals surface area (Å²) < 4.78 is 5.11. The lowest BCUT2D eigenvalue weighted by Gasteiger charge is -2.17. The first-order valence-corrected chi connectivity index (χ1v) is 9.69. The van der Waals surface area contributed by atoms with Crippen LogP contribution in [-0.2, 0) is 19.1 Å². The molecule has 2 aromatic rings. The molecule has 0 radical (unpaired) electrons. The van der Waals surface area contributed by atoms with Gasteiger partial charge in [-0.25, -0.2) is 0 Å². The Hall–Kier alpha value is -3.48. The number of amides is 2. The SMILES string of the molecule is CC(=O)c1ccc(NC(=O)COC(=O)[C@@H]2CC(=O)N(c3ccc(C)c(C)c3)C2)cc1. The van der Waals surface area contributed by atoms with Gasteiger partial charge in [0.1, 0.15) is 0 Å². The minimum atomic E-state index is -0.609. The number of carbonyl (C=O) groups excluding carboxylic acids is 4. The largest absolute Gasteiger partial charge is 0.455 e. The number of ketones is 1. The number of nitrogens with one attached hydrogen (secondary N) is 1. The number of rotatable bonds is 6. The maximum atomic E-state index is 12.4. The van der Waals surface area contributed by atoms with Gasteiger partial charge in [-0.3, -0.25) is 19.2 Å². The van der Waals surface area contributed by atoms with E-state index in [1.807, 2.05) is 32.0 Å². The summed E-state index contributed by atoms with van der Waals surface area (Å²) in [5, 5.41) is 2.60. The third-order valence-electron chi connectivity index (χ3n) is 5.18. The van der Waals surface area contributed by atoms with Gasteiger partial charge in [0.2, 0.25) is 5.91 Å². The van der Waals surface area contributed by atoms with Crippen LogP contribution >= 0.6 is 0 Å². The monoisotopic (exact) mass is 408 g/mol. The highest BCUT2D eigenvalue weighted by Gasteiger charge is 2.36. The fourth-order valence-corrected chi connectivity index (χ4v) is 3.25. The van der Waals surface area contributed by atoms with Gasteiger partial charge in [-0.2, -0.15) is 0 Å². The molecule has 1 fully saturated rings. The van der Waals surface area contributed by atoms with Crippen LogP contribution in [0, 0.1) is 19.8 Å². The molecule has 0 aliphatic carbocycles. The minimum absolute atomic E-state index is 0.0554. The molecular formula is C23H24N2O5. The van der Waals surface area contributed by atoms with Crippen LogP contribution in [0.15, 0.2) is 42.5 Å². The molecule has 156 valence electrons. The molecule has 7 heteroatoms. The van der Waals surface area contributed by atoms with Gasteiger partial charge in [0.15, 0.2) is 12.4 Å². The number of hydrogen-bond donors (Lipinski definition) is 1. The van der Waals surface area contributed by atoms with Gasteiger partial charge in [-0.05, 0) is 68.3 Å². The molecule has 30 heavy (non-hydrogen) atoms. The molecule has 7 nitrogen and oxygen atoms in total. The highest BCUT2D eigenvalue weighted by molar-refractivity contribution is 6.00. The van der Waals surface area contributed by atoms with Gasteiger partial charge in [0.25, 0.3) is 5.91 Å². The third kappa shape index (κ3) is 4.92. The van der Waals surface area contributed by atoms with E-state index in [4.69, 9.17) is 4.74 Å². The number of carbonyl (C=O) groups is 4. The zero-order valence-electron chi connectivity index (χ0n) is 17.2. The van der Waals surface area contributed by atoms with Gasteiger partial charge in [0.05, 0.1) is 5.92 Å². The van der Waals surface area contributed by atoms with Crippen LogP contribution in [0.25, 0.3) is 0 Å². The Morgan fingerprint density at radius 2 is 1.77 bits per heavy atom. The van der Waals surface area contributed by atoms with Crippen LogP contribution in [-0.4, -0.2) is 36.7 Å². The number of Topliss-reactive ketones (excluding diaryl/α,β-unsaturated/α-hetero) is 1. The lowest BCUT2D eigenvalue weighted by molar-refractivity contribution is -0.151. The average molecular weight is 408 g/mol. The van der Waals surface area contributed by atoms with E-state index in [2.05, 4.69) is 5.32 Å². The van der Waals surface area contributed by atoms with Crippen molar-refractivity contribution in [1.29, 1.82) is 0 Å². The van der Waals surface area contributed by atoms with Gasteiger partial charge in [-0.15, -0.1) is 0 Å². The Balaban J connectivity index is 1.52. The molecule has 0 bridgehead atoms. The Morgan fingerprint density at radius 3 is 2.40 bits per heavy atom. The molecule has 0 spiro atoms. The highest BCUT2D eigenvalue weighted by Crippen LogP contribution is 2.27. The van der Waals surface area contributed by atoms with E-state index in [1.165, 1.54) is 6.92 Å². The van der Waals surface area contributed by atoms with E-state index in [0.717, 1.165) is 16.8 Å². The molecule has 1 N–H and O–H groups in total. The number of esters is 1.